The van der Waals surface area contributed by atoms with Crippen molar-refractivity contribution in [2.75, 3.05) is 36.1 Å². The van der Waals surface area contributed by atoms with Crippen molar-refractivity contribution in [1.82, 2.24) is 20.3 Å². The first kappa shape index (κ1) is 26.4. The third-order valence-corrected chi connectivity index (χ3v) is 7.55. The number of hydrogen-bond acceptors (Lipinski definition) is 8. The minimum atomic E-state index is -0.326. The number of ether oxygens (including phenoxy) is 1. The van der Waals surface area contributed by atoms with Crippen LogP contribution in [0.3, 0.4) is 0 Å². The second-order valence-corrected chi connectivity index (χ2v) is 10.1. The fourth-order valence-corrected chi connectivity index (χ4v) is 5.68. The standard InChI is InChI=1S/C27H42FN7O/c1-3-23(22-13-8-16-30-22)35(17-9-10-19-14-15-24(36-2)21(28)18-19)27-33-25(29)32-26(34-27)31-20-11-6-4-5-7-12-20/h14-15,18,20,22-23,30H,3-13,16-17H2,1-2H3,(H3,29,31,32,33,34). The predicted octanol–water partition coefficient (Wildman–Crippen LogP) is 4.71. The largest absolute Gasteiger partial charge is 0.494 e. The maximum absolute atomic E-state index is 14.2. The number of benzene rings is 1. The minimum Gasteiger partial charge on any atom is -0.494 e. The second-order valence-electron chi connectivity index (χ2n) is 10.1. The predicted molar refractivity (Wildman–Crippen MR) is 143 cm³/mol. The summed E-state index contributed by atoms with van der Waals surface area (Å²) in [5.41, 5.74) is 7.14. The molecule has 4 rings (SSSR count). The third kappa shape index (κ3) is 6.96. The van der Waals surface area contributed by atoms with Gasteiger partial charge in [-0.1, -0.05) is 38.7 Å². The highest BCUT2D eigenvalue weighted by molar-refractivity contribution is 5.44. The fourth-order valence-electron chi connectivity index (χ4n) is 5.68. The number of nitrogen functional groups attached to an aromatic ring is 1. The monoisotopic (exact) mass is 499 g/mol. The van der Waals surface area contributed by atoms with Crippen LogP contribution < -0.4 is 26.0 Å². The van der Waals surface area contributed by atoms with Gasteiger partial charge in [-0.25, -0.2) is 4.39 Å². The summed E-state index contributed by atoms with van der Waals surface area (Å²) in [4.78, 5) is 16.2. The molecule has 1 saturated heterocycles. The van der Waals surface area contributed by atoms with Crippen molar-refractivity contribution in [2.24, 2.45) is 0 Å². The number of rotatable bonds is 11. The average molecular weight is 500 g/mol. The molecule has 2 aromatic rings. The number of nitrogens with zero attached hydrogens (tertiary/aromatic N) is 4. The molecule has 0 spiro atoms. The highest BCUT2D eigenvalue weighted by Crippen LogP contribution is 2.26. The first-order valence-electron chi connectivity index (χ1n) is 13.7. The molecule has 0 bridgehead atoms. The number of hydrogen-bond donors (Lipinski definition) is 3. The van der Waals surface area contributed by atoms with Crippen molar-refractivity contribution in [3.05, 3.63) is 29.6 Å². The molecule has 8 nitrogen and oxygen atoms in total. The molecule has 1 saturated carbocycles. The number of methoxy groups -OCH3 is 1. The number of anilines is 3. The van der Waals surface area contributed by atoms with E-state index in [1.807, 2.05) is 6.07 Å². The molecule has 9 heteroatoms. The van der Waals surface area contributed by atoms with E-state index in [2.05, 4.69) is 32.4 Å². The Hall–Kier alpha value is -2.68. The van der Waals surface area contributed by atoms with Gasteiger partial charge in [0.1, 0.15) is 0 Å². The van der Waals surface area contributed by atoms with Crippen molar-refractivity contribution >= 4 is 17.8 Å². The van der Waals surface area contributed by atoms with Gasteiger partial charge in [-0.15, -0.1) is 0 Å². The molecule has 1 aliphatic heterocycles. The molecule has 2 heterocycles. The summed E-state index contributed by atoms with van der Waals surface area (Å²) in [6, 6.07) is 6.18. The Kier molecular flexibility index (Phi) is 9.55. The van der Waals surface area contributed by atoms with Crippen molar-refractivity contribution in [3.63, 3.8) is 0 Å². The summed E-state index contributed by atoms with van der Waals surface area (Å²) in [5.74, 6) is 1.38. The van der Waals surface area contributed by atoms with E-state index in [1.54, 1.807) is 12.1 Å². The van der Waals surface area contributed by atoms with Crippen molar-refractivity contribution < 1.29 is 9.13 Å². The van der Waals surface area contributed by atoms with Crippen LogP contribution in [0, 0.1) is 5.82 Å². The molecule has 2 unspecified atom stereocenters. The molecule has 198 valence electrons. The maximum atomic E-state index is 14.2. The van der Waals surface area contributed by atoms with Crippen LogP contribution in [0.2, 0.25) is 0 Å². The Morgan fingerprint density at radius 3 is 2.61 bits per heavy atom. The SMILES string of the molecule is CCC(C1CCCN1)N(CCCc1ccc(OC)c(F)c1)c1nc(N)nc(NC2CCCCCC2)n1. The van der Waals surface area contributed by atoms with Crippen LogP contribution in [0.4, 0.5) is 22.2 Å². The van der Waals surface area contributed by atoms with Gasteiger partial charge < -0.3 is 26.0 Å². The van der Waals surface area contributed by atoms with E-state index >= 15 is 0 Å². The smallest absolute Gasteiger partial charge is 0.232 e. The number of nitrogens with one attached hydrogen (secondary N) is 2. The zero-order valence-electron chi connectivity index (χ0n) is 21.8. The van der Waals surface area contributed by atoms with E-state index in [9.17, 15) is 4.39 Å². The zero-order chi connectivity index (χ0) is 25.3. The topological polar surface area (TPSA) is 101 Å². The van der Waals surface area contributed by atoms with E-state index in [1.165, 1.54) is 39.2 Å². The molecule has 2 atom stereocenters. The molecule has 0 amide bonds. The summed E-state index contributed by atoms with van der Waals surface area (Å²) < 4.78 is 19.3. The first-order valence-corrected chi connectivity index (χ1v) is 13.7. The van der Waals surface area contributed by atoms with Gasteiger partial charge in [0.05, 0.1) is 7.11 Å². The molecular weight excluding hydrogens is 457 g/mol. The number of nitrogens with two attached hydrogens (primary N) is 1. The quantitative estimate of drug-likeness (QED) is 0.382. The summed E-state index contributed by atoms with van der Waals surface area (Å²) in [7, 11) is 1.48. The fraction of sp³-hybridized carbons (Fsp3) is 0.667. The summed E-state index contributed by atoms with van der Waals surface area (Å²) >= 11 is 0. The van der Waals surface area contributed by atoms with Crippen LogP contribution in [-0.2, 0) is 6.42 Å². The zero-order valence-corrected chi connectivity index (χ0v) is 21.8. The normalized spacial score (nSPS) is 19.6. The van der Waals surface area contributed by atoms with Gasteiger partial charge in [0.15, 0.2) is 11.6 Å². The van der Waals surface area contributed by atoms with E-state index in [0.717, 1.165) is 57.2 Å². The Morgan fingerprint density at radius 2 is 1.94 bits per heavy atom. The lowest BCUT2D eigenvalue weighted by Gasteiger charge is -2.35. The molecule has 2 fully saturated rings. The van der Waals surface area contributed by atoms with Crippen LogP contribution >= 0.6 is 0 Å². The molecule has 0 radical (unpaired) electrons. The van der Waals surface area contributed by atoms with Crippen molar-refractivity contribution in [2.45, 2.75) is 95.7 Å². The Balaban J connectivity index is 1.52. The third-order valence-electron chi connectivity index (χ3n) is 7.55. The molecule has 4 N–H and O–H groups in total. The maximum Gasteiger partial charge on any atom is 0.232 e. The molecule has 1 aromatic heterocycles. The molecule has 2 aliphatic rings. The second kappa shape index (κ2) is 13.0. The Morgan fingerprint density at radius 1 is 1.14 bits per heavy atom. The van der Waals surface area contributed by atoms with Crippen molar-refractivity contribution in [3.8, 4) is 5.75 Å². The number of aryl methyl sites for hydroxylation is 1. The molecule has 1 aliphatic carbocycles. The lowest BCUT2D eigenvalue weighted by Crippen LogP contribution is -2.49. The van der Waals surface area contributed by atoms with Gasteiger partial charge in [-0.05, 0) is 69.2 Å². The molecule has 1 aromatic carbocycles. The van der Waals surface area contributed by atoms with Gasteiger partial charge >= 0.3 is 0 Å². The van der Waals surface area contributed by atoms with E-state index < -0.39 is 0 Å². The summed E-state index contributed by atoms with van der Waals surface area (Å²) in [6.45, 7) is 4.00. The first-order chi connectivity index (χ1) is 17.6. The van der Waals surface area contributed by atoms with E-state index in [4.69, 9.17) is 15.5 Å². The lowest BCUT2D eigenvalue weighted by atomic mass is 10.0. The van der Waals surface area contributed by atoms with Gasteiger partial charge in [0, 0.05) is 24.7 Å². The van der Waals surface area contributed by atoms with Gasteiger partial charge in [0.2, 0.25) is 17.8 Å². The minimum absolute atomic E-state index is 0.243. The van der Waals surface area contributed by atoms with Gasteiger partial charge in [0.25, 0.3) is 0 Å². The van der Waals surface area contributed by atoms with Crippen LogP contribution in [0.25, 0.3) is 0 Å². The van der Waals surface area contributed by atoms with Crippen LogP contribution in [0.15, 0.2) is 18.2 Å². The van der Waals surface area contributed by atoms with Crippen LogP contribution in [0.1, 0.15) is 76.7 Å². The van der Waals surface area contributed by atoms with E-state index in [-0.39, 0.29) is 23.6 Å². The summed E-state index contributed by atoms with van der Waals surface area (Å²) in [6.07, 6.45) is 12.2. The van der Waals surface area contributed by atoms with Gasteiger partial charge in [-0.3, -0.25) is 0 Å². The Labute approximate surface area is 214 Å². The van der Waals surface area contributed by atoms with Crippen molar-refractivity contribution in [1.29, 1.82) is 0 Å². The molecular formula is C27H42FN7O. The number of halogens is 1. The van der Waals surface area contributed by atoms with Crippen LogP contribution in [-0.4, -0.2) is 53.3 Å². The van der Waals surface area contributed by atoms with Crippen LogP contribution in [0.5, 0.6) is 5.75 Å². The highest BCUT2D eigenvalue weighted by Gasteiger charge is 2.30. The molecule has 36 heavy (non-hydrogen) atoms. The summed E-state index contributed by atoms with van der Waals surface area (Å²) in [5, 5.41) is 7.21. The Bertz CT molecular complexity index is 961. The highest BCUT2D eigenvalue weighted by atomic mass is 19.1. The number of aromatic nitrogens is 3. The van der Waals surface area contributed by atoms with Gasteiger partial charge in [-0.2, -0.15) is 15.0 Å². The van der Waals surface area contributed by atoms with E-state index in [0.29, 0.717) is 24.0 Å². The lowest BCUT2D eigenvalue weighted by molar-refractivity contribution is 0.386. The average Bonchev–Trinajstić information content (AvgIpc) is 3.27.